The fraction of sp³-hybridized carbons (Fsp3) is 0.982. The third-order valence-electron chi connectivity index (χ3n) is 13.4. The number of likely N-dealkylation sites (N-methyl/N-ethyl adjacent to an activating group) is 1. The molecule has 9 heteroatoms. The molecule has 0 saturated carbocycles. The first kappa shape index (κ1) is 65.5. The van der Waals surface area contributed by atoms with Crippen LogP contribution in [0.4, 0.5) is 0 Å². The average Bonchev–Trinajstić information content (AvgIpc) is 3.28. The van der Waals surface area contributed by atoms with E-state index in [1.165, 1.54) is 250 Å². The molecule has 66 heavy (non-hydrogen) atoms. The molecular formula is C57H116NO7P. The highest BCUT2D eigenvalue weighted by atomic mass is 31.2. The van der Waals surface area contributed by atoms with Gasteiger partial charge in [0, 0.05) is 13.0 Å². The topological polar surface area (TPSA) is 94.1 Å². The number of hydrogen-bond donors (Lipinski definition) is 0. The number of phosphoric ester groups is 1. The van der Waals surface area contributed by atoms with Gasteiger partial charge in [-0.15, -0.1) is 0 Å². The van der Waals surface area contributed by atoms with Crippen LogP contribution in [0.1, 0.15) is 303 Å². The van der Waals surface area contributed by atoms with E-state index in [1.54, 1.807) is 0 Å². The van der Waals surface area contributed by atoms with Crippen LogP contribution in [0.5, 0.6) is 0 Å². The summed E-state index contributed by atoms with van der Waals surface area (Å²) in [6, 6.07) is 0. The number of esters is 1. The summed E-state index contributed by atoms with van der Waals surface area (Å²) in [5.41, 5.74) is 0. The van der Waals surface area contributed by atoms with Crippen molar-refractivity contribution in [3.8, 4) is 0 Å². The van der Waals surface area contributed by atoms with Crippen LogP contribution in [-0.2, 0) is 27.9 Å². The van der Waals surface area contributed by atoms with Crippen LogP contribution in [0.3, 0.4) is 0 Å². The number of carbonyl (C=O) groups is 1. The van der Waals surface area contributed by atoms with Gasteiger partial charge in [-0.1, -0.05) is 284 Å². The van der Waals surface area contributed by atoms with Gasteiger partial charge in [-0.3, -0.25) is 9.36 Å². The van der Waals surface area contributed by atoms with Crippen LogP contribution < -0.4 is 4.89 Å². The van der Waals surface area contributed by atoms with Crippen molar-refractivity contribution in [2.45, 2.75) is 309 Å². The molecule has 0 aromatic heterocycles. The first-order valence-corrected chi connectivity index (χ1v) is 30.7. The largest absolute Gasteiger partial charge is 0.756 e. The number of hydrogen-bond acceptors (Lipinski definition) is 7. The maximum Gasteiger partial charge on any atom is 0.306 e. The quantitative estimate of drug-likeness (QED) is 0.0259. The van der Waals surface area contributed by atoms with Gasteiger partial charge in [-0.2, -0.15) is 0 Å². The monoisotopic (exact) mass is 958 g/mol. The van der Waals surface area contributed by atoms with E-state index in [2.05, 4.69) is 13.8 Å². The van der Waals surface area contributed by atoms with Crippen molar-refractivity contribution in [3.05, 3.63) is 0 Å². The van der Waals surface area contributed by atoms with Gasteiger partial charge in [0.15, 0.2) is 0 Å². The van der Waals surface area contributed by atoms with Crippen molar-refractivity contribution >= 4 is 13.8 Å². The van der Waals surface area contributed by atoms with E-state index < -0.39 is 13.9 Å². The Labute approximate surface area is 412 Å². The molecule has 1 unspecified atom stereocenters. The van der Waals surface area contributed by atoms with E-state index in [4.69, 9.17) is 18.5 Å². The molecule has 0 bridgehead atoms. The van der Waals surface area contributed by atoms with Crippen LogP contribution in [0.2, 0.25) is 0 Å². The van der Waals surface area contributed by atoms with Crippen LogP contribution >= 0.6 is 7.82 Å². The van der Waals surface area contributed by atoms with Crippen LogP contribution in [0.25, 0.3) is 0 Å². The fourth-order valence-corrected chi connectivity index (χ4v) is 9.63. The van der Waals surface area contributed by atoms with E-state index in [9.17, 15) is 14.3 Å². The third-order valence-corrected chi connectivity index (χ3v) is 14.4. The molecule has 0 aliphatic rings. The van der Waals surface area contributed by atoms with E-state index in [0.29, 0.717) is 24.1 Å². The predicted octanol–water partition coefficient (Wildman–Crippen LogP) is 17.7. The molecule has 0 aliphatic carbocycles. The second-order valence-electron chi connectivity index (χ2n) is 21.4. The van der Waals surface area contributed by atoms with Crippen molar-refractivity contribution in [1.29, 1.82) is 0 Å². The zero-order chi connectivity index (χ0) is 48.3. The Morgan fingerprint density at radius 2 is 0.697 bits per heavy atom. The minimum Gasteiger partial charge on any atom is -0.756 e. The van der Waals surface area contributed by atoms with Gasteiger partial charge in [0.1, 0.15) is 19.3 Å². The minimum atomic E-state index is -4.52. The molecule has 0 N–H and O–H groups in total. The predicted molar refractivity (Wildman–Crippen MR) is 282 cm³/mol. The first-order chi connectivity index (χ1) is 32.1. The maximum absolute atomic E-state index is 12.8. The van der Waals surface area contributed by atoms with E-state index in [0.717, 1.165) is 32.1 Å². The molecule has 396 valence electrons. The molecule has 0 radical (unpaired) electrons. The Morgan fingerprint density at radius 1 is 0.409 bits per heavy atom. The number of quaternary nitrogens is 1. The molecule has 0 amide bonds. The molecule has 0 spiro atoms. The van der Waals surface area contributed by atoms with Crippen molar-refractivity contribution in [3.63, 3.8) is 0 Å². The normalized spacial score (nSPS) is 13.4. The van der Waals surface area contributed by atoms with Crippen molar-refractivity contribution < 1.29 is 37.3 Å². The standard InChI is InChI=1S/C57H116NO7P/c1-6-8-10-12-14-16-18-20-22-24-25-26-27-28-29-30-31-32-33-34-35-36-38-40-42-44-46-48-50-57(59)65-56(55-64-66(60,61)63-53-51-58(3,4)5)54-62-52-49-47-45-43-41-39-37-23-21-19-17-15-13-11-9-7-2/h56H,6-55H2,1-5H3/t56-/m1/s1. The molecule has 0 aliphatic heterocycles. The molecule has 0 heterocycles. The molecule has 0 fully saturated rings. The number of carbonyl (C=O) groups excluding carboxylic acids is 1. The summed E-state index contributed by atoms with van der Waals surface area (Å²) in [4.78, 5) is 25.2. The Balaban J connectivity index is 3.94. The maximum atomic E-state index is 12.8. The van der Waals surface area contributed by atoms with E-state index in [-0.39, 0.29) is 25.8 Å². The van der Waals surface area contributed by atoms with Gasteiger partial charge in [-0.25, -0.2) is 0 Å². The Hall–Kier alpha value is -0.500. The Kier molecular flexibility index (Phi) is 50.5. The van der Waals surface area contributed by atoms with Gasteiger partial charge < -0.3 is 27.9 Å². The highest BCUT2D eigenvalue weighted by molar-refractivity contribution is 7.45. The smallest absolute Gasteiger partial charge is 0.306 e. The lowest BCUT2D eigenvalue weighted by Crippen LogP contribution is -2.37. The SMILES string of the molecule is CCCCCCCCCCCCCCCCCCCCCCCCCCCCCCC(=O)O[C@H](COCCCCCCCCCCCCCCCCCC)COP(=O)([O-])OCC[N+](C)(C)C. The molecule has 0 aromatic carbocycles. The van der Waals surface area contributed by atoms with Crippen molar-refractivity contribution in [2.24, 2.45) is 0 Å². The van der Waals surface area contributed by atoms with E-state index in [1.807, 2.05) is 21.1 Å². The summed E-state index contributed by atoms with van der Waals surface area (Å²) >= 11 is 0. The zero-order valence-electron chi connectivity index (χ0n) is 45.2. The molecule has 0 saturated heterocycles. The number of nitrogens with zero attached hydrogens (tertiary/aromatic N) is 1. The summed E-state index contributed by atoms with van der Waals surface area (Å²) in [5.74, 6) is -0.323. The summed E-state index contributed by atoms with van der Waals surface area (Å²) in [7, 11) is 1.38. The van der Waals surface area contributed by atoms with Gasteiger partial charge in [-0.05, 0) is 12.8 Å². The van der Waals surface area contributed by atoms with Crippen LogP contribution in [0, 0.1) is 0 Å². The van der Waals surface area contributed by atoms with Gasteiger partial charge >= 0.3 is 5.97 Å². The lowest BCUT2D eigenvalue weighted by molar-refractivity contribution is -0.870. The lowest BCUT2D eigenvalue weighted by atomic mass is 10.0. The first-order valence-electron chi connectivity index (χ1n) is 29.3. The van der Waals surface area contributed by atoms with Gasteiger partial charge in [0.05, 0.1) is 34.4 Å². The number of rotatable bonds is 56. The molecule has 8 nitrogen and oxygen atoms in total. The van der Waals surface area contributed by atoms with Crippen LogP contribution in [0.15, 0.2) is 0 Å². The average molecular weight is 959 g/mol. The fourth-order valence-electron chi connectivity index (χ4n) is 8.90. The molecule has 0 aromatic rings. The molecule has 2 atom stereocenters. The number of phosphoric acid groups is 1. The molecular weight excluding hydrogens is 842 g/mol. The summed E-state index contributed by atoms with van der Waals surface area (Å²) in [6.45, 7) is 5.51. The second kappa shape index (κ2) is 50.9. The Morgan fingerprint density at radius 3 is 1.00 bits per heavy atom. The summed E-state index contributed by atoms with van der Waals surface area (Å²) in [5, 5.41) is 0. The number of unbranched alkanes of at least 4 members (excludes halogenated alkanes) is 42. The Bertz CT molecular complexity index is 1020. The van der Waals surface area contributed by atoms with Crippen molar-refractivity contribution in [2.75, 3.05) is 54.1 Å². The number of ether oxygens (including phenoxy) is 2. The minimum absolute atomic E-state index is 0.0319. The van der Waals surface area contributed by atoms with Gasteiger partial charge in [0.25, 0.3) is 7.82 Å². The lowest BCUT2D eigenvalue weighted by Gasteiger charge is -2.28. The summed E-state index contributed by atoms with van der Waals surface area (Å²) in [6.07, 6.45) is 58.7. The van der Waals surface area contributed by atoms with Gasteiger partial charge in [0.2, 0.25) is 0 Å². The molecule has 0 rings (SSSR count). The van der Waals surface area contributed by atoms with Crippen LogP contribution in [-0.4, -0.2) is 70.7 Å². The highest BCUT2D eigenvalue weighted by Crippen LogP contribution is 2.38. The zero-order valence-corrected chi connectivity index (χ0v) is 46.1. The second-order valence-corrected chi connectivity index (χ2v) is 22.8. The van der Waals surface area contributed by atoms with Crippen molar-refractivity contribution in [1.82, 2.24) is 0 Å². The highest BCUT2D eigenvalue weighted by Gasteiger charge is 2.20. The summed E-state index contributed by atoms with van der Waals surface area (Å²) < 4.78 is 34.8. The third kappa shape index (κ3) is 54.4. The van der Waals surface area contributed by atoms with E-state index >= 15 is 0 Å².